The first-order valence-corrected chi connectivity index (χ1v) is 3.71. The third kappa shape index (κ3) is 0.995. The lowest BCUT2D eigenvalue weighted by Gasteiger charge is -2.35. The van der Waals surface area contributed by atoms with Crippen molar-refractivity contribution in [1.29, 1.82) is 0 Å². The zero-order valence-corrected chi connectivity index (χ0v) is 7.50. The average molecular weight is 168 g/mol. The van der Waals surface area contributed by atoms with E-state index in [-0.39, 0.29) is 11.8 Å². The fraction of sp³-hybridized carbons (Fsp3) is 0.500. The molecule has 1 rings (SSSR count). The second-order valence-corrected chi connectivity index (χ2v) is 2.93. The molecule has 0 aromatic carbocycles. The van der Waals surface area contributed by atoms with Gasteiger partial charge in [0.1, 0.15) is 11.7 Å². The fourth-order valence-corrected chi connectivity index (χ4v) is 1.17. The van der Waals surface area contributed by atoms with E-state index < -0.39 is 5.92 Å². The van der Waals surface area contributed by atoms with Crippen molar-refractivity contribution >= 4 is 11.8 Å². The second-order valence-electron chi connectivity index (χ2n) is 2.93. The Morgan fingerprint density at radius 3 is 1.83 bits per heavy atom. The molecule has 1 fully saturated rings. The molecule has 12 heavy (non-hydrogen) atoms. The Balaban J connectivity index is 2.99. The molecule has 0 bridgehead atoms. The molecule has 0 atom stereocenters. The van der Waals surface area contributed by atoms with Gasteiger partial charge in [-0.3, -0.25) is 9.59 Å². The van der Waals surface area contributed by atoms with Gasteiger partial charge in [0.2, 0.25) is 11.8 Å². The van der Waals surface area contributed by atoms with Crippen LogP contribution in [0.25, 0.3) is 0 Å². The van der Waals surface area contributed by atoms with Crippen LogP contribution in [0.4, 0.5) is 0 Å². The Kier molecular flexibility index (Phi) is 1.92. The predicted molar refractivity (Wildman–Crippen MR) is 43.8 cm³/mol. The largest absolute Gasteiger partial charge is 0.301 e. The minimum atomic E-state index is -0.578. The van der Waals surface area contributed by atoms with Gasteiger partial charge in [-0.15, -0.1) is 0 Å². The minimum absolute atomic E-state index is 0.192. The highest BCUT2D eigenvalue weighted by Gasteiger charge is 2.35. The van der Waals surface area contributed by atoms with E-state index in [1.807, 2.05) is 0 Å². The van der Waals surface area contributed by atoms with Crippen LogP contribution < -0.4 is 0 Å². The van der Waals surface area contributed by atoms with Crippen LogP contribution in [0.3, 0.4) is 0 Å². The maximum absolute atomic E-state index is 11.3. The molecule has 0 N–H and O–H groups in total. The third-order valence-electron chi connectivity index (χ3n) is 2.18. The zero-order valence-electron chi connectivity index (χ0n) is 7.50. The lowest BCUT2D eigenvalue weighted by molar-refractivity contribution is -0.149. The summed E-state index contributed by atoms with van der Waals surface area (Å²) in [4.78, 5) is 25.4. The van der Waals surface area contributed by atoms with Crippen molar-refractivity contribution in [2.45, 2.75) is 6.92 Å². The van der Waals surface area contributed by atoms with Gasteiger partial charge in [-0.05, 0) is 6.92 Å². The highest BCUT2D eigenvalue weighted by atomic mass is 16.2. The van der Waals surface area contributed by atoms with Gasteiger partial charge < -0.3 is 9.80 Å². The van der Waals surface area contributed by atoms with E-state index in [0.717, 1.165) is 0 Å². The molecular formula is C8H12N2O2. The summed E-state index contributed by atoms with van der Waals surface area (Å²) in [7, 11) is 3.23. The predicted octanol–water partition coefficient (Wildman–Crippen LogP) is 0.0241. The number of hydrogen-bond acceptors (Lipinski definition) is 2. The molecule has 0 aromatic rings. The molecule has 0 aromatic heterocycles. The molecule has 0 radical (unpaired) electrons. The highest BCUT2D eigenvalue weighted by Crippen LogP contribution is 2.18. The van der Waals surface area contributed by atoms with Gasteiger partial charge in [0.25, 0.3) is 0 Å². The van der Waals surface area contributed by atoms with Crippen LogP contribution in [0.2, 0.25) is 0 Å². The van der Waals surface area contributed by atoms with E-state index in [1.165, 1.54) is 9.80 Å². The van der Waals surface area contributed by atoms with E-state index in [2.05, 4.69) is 6.58 Å². The summed E-state index contributed by atoms with van der Waals surface area (Å²) in [5, 5.41) is 0. The van der Waals surface area contributed by atoms with Crippen LogP contribution >= 0.6 is 0 Å². The van der Waals surface area contributed by atoms with E-state index in [0.29, 0.717) is 5.82 Å². The van der Waals surface area contributed by atoms with Crippen molar-refractivity contribution in [1.82, 2.24) is 9.80 Å². The maximum atomic E-state index is 11.3. The third-order valence-corrected chi connectivity index (χ3v) is 2.18. The number of amides is 2. The Labute approximate surface area is 71.4 Å². The van der Waals surface area contributed by atoms with Crippen molar-refractivity contribution < 1.29 is 9.59 Å². The van der Waals surface area contributed by atoms with Crippen LogP contribution in [0, 0.1) is 5.92 Å². The Bertz CT molecular complexity index is 199. The van der Waals surface area contributed by atoms with E-state index in [9.17, 15) is 9.59 Å². The topological polar surface area (TPSA) is 40.6 Å². The number of hydrogen-bond donors (Lipinski definition) is 0. The first-order chi connectivity index (χ1) is 5.46. The number of carbonyl (C=O) groups is 2. The second kappa shape index (κ2) is 2.62. The van der Waals surface area contributed by atoms with Crippen molar-refractivity contribution in [3.8, 4) is 0 Å². The zero-order chi connectivity index (χ0) is 9.46. The lowest BCUT2D eigenvalue weighted by Crippen LogP contribution is -2.50. The number of nitrogens with zero attached hydrogens (tertiary/aromatic N) is 2. The fourth-order valence-electron chi connectivity index (χ4n) is 1.17. The van der Waals surface area contributed by atoms with Gasteiger partial charge >= 0.3 is 0 Å². The smallest absolute Gasteiger partial charge is 0.240 e. The molecule has 1 aliphatic rings. The van der Waals surface area contributed by atoms with E-state index >= 15 is 0 Å². The molecule has 0 aliphatic carbocycles. The van der Waals surface area contributed by atoms with Crippen LogP contribution in [0.1, 0.15) is 6.92 Å². The molecule has 1 saturated heterocycles. The Morgan fingerprint density at radius 1 is 1.17 bits per heavy atom. The molecule has 0 saturated carbocycles. The summed E-state index contributed by atoms with van der Waals surface area (Å²) in [5.74, 6) is -0.528. The number of carbonyl (C=O) groups excluding carboxylic acids is 2. The van der Waals surface area contributed by atoms with E-state index in [4.69, 9.17) is 0 Å². The molecule has 2 amide bonds. The quantitative estimate of drug-likeness (QED) is 0.478. The van der Waals surface area contributed by atoms with Crippen LogP contribution in [-0.2, 0) is 9.59 Å². The summed E-state index contributed by atoms with van der Waals surface area (Å²) < 4.78 is 0. The van der Waals surface area contributed by atoms with Crippen LogP contribution in [-0.4, -0.2) is 35.7 Å². The molecule has 4 heteroatoms. The molecule has 0 unspecified atom stereocenters. The van der Waals surface area contributed by atoms with Gasteiger partial charge in [0.05, 0.1) is 0 Å². The Hall–Kier alpha value is -1.32. The molecule has 1 heterocycles. The van der Waals surface area contributed by atoms with Gasteiger partial charge in [0, 0.05) is 14.1 Å². The Morgan fingerprint density at radius 2 is 1.50 bits per heavy atom. The normalized spacial score (nSPS) is 20.8. The van der Waals surface area contributed by atoms with Crippen molar-refractivity contribution in [2.75, 3.05) is 14.1 Å². The summed E-state index contributed by atoms with van der Waals surface area (Å²) >= 11 is 0. The maximum Gasteiger partial charge on any atom is 0.240 e. The van der Waals surface area contributed by atoms with Crippen molar-refractivity contribution in [3.05, 3.63) is 12.4 Å². The number of rotatable bonds is 0. The summed E-state index contributed by atoms with van der Waals surface area (Å²) in [6.45, 7) is 5.22. The summed E-state index contributed by atoms with van der Waals surface area (Å²) in [6, 6.07) is 0. The minimum Gasteiger partial charge on any atom is -0.301 e. The van der Waals surface area contributed by atoms with Gasteiger partial charge in [-0.1, -0.05) is 6.58 Å². The SMILES string of the molecule is C=C1N(C)C(=O)C(C)C(=O)N1C. The molecule has 1 aliphatic heterocycles. The molecule has 0 spiro atoms. The average Bonchev–Trinajstić information content (AvgIpc) is 2.08. The van der Waals surface area contributed by atoms with Gasteiger partial charge in [-0.25, -0.2) is 0 Å². The molecule has 4 nitrogen and oxygen atoms in total. The molecular weight excluding hydrogens is 156 g/mol. The monoisotopic (exact) mass is 168 g/mol. The highest BCUT2D eigenvalue weighted by molar-refractivity contribution is 6.03. The van der Waals surface area contributed by atoms with Gasteiger partial charge in [-0.2, -0.15) is 0 Å². The van der Waals surface area contributed by atoms with Gasteiger partial charge in [0.15, 0.2) is 0 Å². The van der Waals surface area contributed by atoms with Crippen molar-refractivity contribution in [3.63, 3.8) is 0 Å². The lowest BCUT2D eigenvalue weighted by atomic mass is 10.1. The van der Waals surface area contributed by atoms with E-state index in [1.54, 1.807) is 21.0 Å². The van der Waals surface area contributed by atoms with Crippen molar-refractivity contribution in [2.24, 2.45) is 5.92 Å². The first-order valence-electron chi connectivity index (χ1n) is 3.71. The van der Waals surface area contributed by atoms with Crippen LogP contribution in [0.5, 0.6) is 0 Å². The summed E-state index contributed by atoms with van der Waals surface area (Å²) in [5.41, 5.74) is 0. The summed E-state index contributed by atoms with van der Waals surface area (Å²) in [6.07, 6.45) is 0. The molecule has 66 valence electrons. The first kappa shape index (κ1) is 8.77. The van der Waals surface area contributed by atoms with Crippen LogP contribution in [0.15, 0.2) is 12.4 Å². The standard InChI is InChI=1S/C8H12N2O2/c1-5-7(11)9(3)6(2)10(4)8(5)12/h5H,2H2,1,3-4H3.